The first kappa shape index (κ1) is 27.3. The van der Waals surface area contributed by atoms with Gasteiger partial charge in [-0.25, -0.2) is 4.98 Å². The van der Waals surface area contributed by atoms with E-state index in [1.807, 2.05) is 18.2 Å². The van der Waals surface area contributed by atoms with Gasteiger partial charge in [0, 0.05) is 64.3 Å². The van der Waals surface area contributed by atoms with Crippen LogP contribution in [0.3, 0.4) is 0 Å². The van der Waals surface area contributed by atoms with Crippen LogP contribution < -0.4 is 0 Å². The number of carbonyl (C=O) groups is 3. The SMILES string of the molecule is O=C(O)CN1CCN(CC(=O)O)CCN(Cc2ccc3cccc(O)c3n2)CCN(CC(=O)O)CC1. The molecule has 196 valence electrons. The van der Waals surface area contributed by atoms with E-state index in [1.54, 1.807) is 26.8 Å². The Morgan fingerprint density at radius 3 is 1.56 bits per heavy atom. The number of phenols is 1. The molecule has 0 radical (unpaired) electrons. The summed E-state index contributed by atoms with van der Waals surface area (Å²) in [6.45, 7) is 3.24. The van der Waals surface area contributed by atoms with E-state index in [4.69, 9.17) is 0 Å². The van der Waals surface area contributed by atoms with Crippen molar-refractivity contribution in [2.75, 3.05) is 72.0 Å². The zero-order chi connectivity index (χ0) is 26.1. The van der Waals surface area contributed by atoms with Crippen molar-refractivity contribution in [2.24, 2.45) is 0 Å². The number of pyridine rings is 1. The third-order valence-electron chi connectivity index (χ3n) is 6.15. The van der Waals surface area contributed by atoms with Crippen molar-refractivity contribution in [1.82, 2.24) is 24.6 Å². The smallest absolute Gasteiger partial charge is 0.317 e. The van der Waals surface area contributed by atoms with Crippen LogP contribution >= 0.6 is 0 Å². The highest BCUT2D eigenvalue weighted by Crippen LogP contribution is 2.22. The van der Waals surface area contributed by atoms with E-state index in [-0.39, 0.29) is 25.4 Å². The van der Waals surface area contributed by atoms with Crippen LogP contribution in [0.1, 0.15) is 5.69 Å². The maximum absolute atomic E-state index is 11.4. The monoisotopic (exact) mass is 503 g/mol. The Morgan fingerprint density at radius 2 is 1.11 bits per heavy atom. The minimum Gasteiger partial charge on any atom is -0.506 e. The summed E-state index contributed by atoms with van der Waals surface area (Å²) in [5.41, 5.74) is 1.24. The van der Waals surface area contributed by atoms with Crippen LogP contribution in [0.25, 0.3) is 10.9 Å². The van der Waals surface area contributed by atoms with Gasteiger partial charge in [0.15, 0.2) is 0 Å². The number of nitrogens with zero attached hydrogens (tertiary/aromatic N) is 5. The van der Waals surface area contributed by atoms with Crippen molar-refractivity contribution >= 4 is 28.8 Å². The van der Waals surface area contributed by atoms with E-state index < -0.39 is 17.9 Å². The second-order valence-electron chi connectivity index (χ2n) is 8.94. The van der Waals surface area contributed by atoms with Gasteiger partial charge in [-0.2, -0.15) is 0 Å². The van der Waals surface area contributed by atoms with Crippen LogP contribution in [0.4, 0.5) is 0 Å². The summed E-state index contributed by atoms with van der Waals surface area (Å²) >= 11 is 0. The van der Waals surface area contributed by atoms with Crippen molar-refractivity contribution in [3.63, 3.8) is 0 Å². The number of rotatable bonds is 8. The normalized spacial score (nSPS) is 17.9. The van der Waals surface area contributed by atoms with Gasteiger partial charge >= 0.3 is 17.9 Å². The van der Waals surface area contributed by atoms with Crippen LogP contribution in [-0.2, 0) is 20.9 Å². The molecule has 1 fully saturated rings. The lowest BCUT2D eigenvalue weighted by molar-refractivity contribution is -0.140. The van der Waals surface area contributed by atoms with Crippen molar-refractivity contribution in [2.45, 2.75) is 6.54 Å². The second-order valence-corrected chi connectivity index (χ2v) is 8.94. The molecule has 0 amide bonds. The summed E-state index contributed by atoms with van der Waals surface area (Å²) in [6, 6.07) is 8.96. The first-order valence-corrected chi connectivity index (χ1v) is 11.8. The van der Waals surface area contributed by atoms with E-state index in [0.717, 1.165) is 11.1 Å². The van der Waals surface area contributed by atoms with Crippen molar-refractivity contribution in [1.29, 1.82) is 0 Å². The summed E-state index contributed by atoms with van der Waals surface area (Å²) in [5, 5.41) is 39.0. The lowest BCUT2D eigenvalue weighted by Crippen LogP contribution is -2.48. The van der Waals surface area contributed by atoms with Gasteiger partial charge in [0.25, 0.3) is 0 Å². The predicted octanol–water partition coefficient (Wildman–Crippen LogP) is -0.0842. The molecule has 0 unspecified atom stereocenters. The largest absolute Gasteiger partial charge is 0.506 e. The number of aliphatic carboxylic acids is 3. The predicted molar refractivity (Wildman–Crippen MR) is 131 cm³/mol. The minimum atomic E-state index is -0.989. The summed E-state index contributed by atoms with van der Waals surface area (Å²) < 4.78 is 0. The third kappa shape index (κ3) is 8.72. The van der Waals surface area contributed by atoms with Crippen LogP contribution in [0.2, 0.25) is 0 Å². The first-order chi connectivity index (χ1) is 17.2. The maximum Gasteiger partial charge on any atom is 0.317 e. The Balaban J connectivity index is 1.79. The van der Waals surface area contributed by atoms with Gasteiger partial charge in [-0.05, 0) is 12.1 Å². The van der Waals surface area contributed by atoms with Crippen molar-refractivity contribution in [3.05, 3.63) is 36.0 Å². The van der Waals surface area contributed by atoms with E-state index in [2.05, 4.69) is 9.88 Å². The van der Waals surface area contributed by atoms with Gasteiger partial charge < -0.3 is 20.4 Å². The summed E-state index contributed by atoms with van der Waals surface area (Å²) in [5.74, 6) is -2.82. The number of aromatic nitrogens is 1. The lowest BCUT2D eigenvalue weighted by Gasteiger charge is -2.33. The first-order valence-electron chi connectivity index (χ1n) is 11.8. The Kier molecular flexibility index (Phi) is 9.94. The molecule has 1 aromatic carbocycles. The molecule has 12 heteroatoms. The fourth-order valence-corrected chi connectivity index (χ4v) is 4.27. The number of hydrogen-bond acceptors (Lipinski definition) is 9. The Hall–Kier alpha value is -3.32. The fourth-order valence-electron chi connectivity index (χ4n) is 4.27. The lowest BCUT2D eigenvalue weighted by atomic mass is 10.2. The molecular formula is C24H33N5O7. The molecule has 2 aromatic rings. The molecule has 1 saturated heterocycles. The molecule has 1 aromatic heterocycles. The molecule has 36 heavy (non-hydrogen) atoms. The van der Waals surface area contributed by atoms with Gasteiger partial charge in [-0.1, -0.05) is 18.2 Å². The molecule has 3 rings (SSSR count). The average molecular weight is 504 g/mol. The molecule has 0 spiro atoms. The van der Waals surface area contributed by atoms with Gasteiger partial charge in [0.05, 0.1) is 25.3 Å². The number of benzene rings is 1. The van der Waals surface area contributed by atoms with Crippen molar-refractivity contribution in [3.8, 4) is 5.75 Å². The van der Waals surface area contributed by atoms with E-state index in [9.17, 15) is 34.8 Å². The molecule has 0 saturated carbocycles. The summed E-state index contributed by atoms with van der Waals surface area (Å²) in [4.78, 5) is 46.1. The van der Waals surface area contributed by atoms with Crippen LogP contribution in [0, 0.1) is 0 Å². The number of aromatic hydroxyl groups is 1. The summed E-state index contributed by atoms with van der Waals surface area (Å²) in [6.07, 6.45) is 0. The van der Waals surface area contributed by atoms with Gasteiger partial charge in [-0.15, -0.1) is 0 Å². The standard InChI is InChI=1S/C24H33N5O7/c30-20-3-1-2-18-4-5-19(25-24(18)20)14-26-6-8-27(15-21(31)32)10-12-29(17-23(35)36)13-11-28(9-7-26)16-22(33)34/h1-5,30H,6-17H2,(H,31,32)(H,33,34)(H,35,36). The number of fused-ring (bicyclic) bond motifs is 1. The highest BCUT2D eigenvalue weighted by Gasteiger charge is 2.20. The molecule has 0 bridgehead atoms. The van der Waals surface area contributed by atoms with Crippen molar-refractivity contribution < 1.29 is 34.8 Å². The van der Waals surface area contributed by atoms with Gasteiger partial charge in [0.2, 0.25) is 0 Å². The second kappa shape index (κ2) is 13.1. The van der Waals surface area contributed by atoms with Crippen LogP contribution in [-0.4, -0.2) is 135 Å². The van der Waals surface area contributed by atoms with Crippen LogP contribution in [0.15, 0.2) is 30.3 Å². The minimum absolute atomic E-state index is 0.0919. The van der Waals surface area contributed by atoms with Gasteiger partial charge in [0.1, 0.15) is 11.3 Å². The highest BCUT2D eigenvalue weighted by atomic mass is 16.4. The quantitative estimate of drug-likeness (QED) is 0.380. The molecule has 12 nitrogen and oxygen atoms in total. The topological polar surface area (TPSA) is 158 Å². The number of phenolic OH excluding ortho intramolecular Hbond substituents is 1. The van der Waals surface area contributed by atoms with Crippen LogP contribution in [0.5, 0.6) is 5.75 Å². The molecule has 2 heterocycles. The molecule has 0 aliphatic carbocycles. The Morgan fingerprint density at radius 1 is 0.667 bits per heavy atom. The van der Waals surface area contributed by atoms with E-state index in [1.165, 1.54) is 0 Å². The van der Waals surface area contributed by atoms with Gasteiger partial charge in [-0.3, -0.25) is 34.0 Å². The number of para-hydroxylation sites is 1. The number of carboxylic acid groups (broad SMARTS) is 3. The zero-order valence-electron chi connectivity index (χ0n) is 20.1. The number of hydrogen-bond donors (Lipinski definition) is 4. The Bertz CT molecular complexity index is 1030. The molecule has 1 aliphatic rings. The fraction of sp³-hybridized carbons (Fsp3) is 0.500. The molecular weight excluding hydrogens is 470 g/mol. The van der Waals surface area contributed by atoms with E-state index >= 15 is 0 Å². The Labute approximate surface area is 209 Å². The zero-order valence-corrected chi connectivity index (χ0v) is 20.1. The highest BCUT2D eigenvalue weighted by molar-refractivity contribution is 5.84. The maximum atomic E-state index is 11.4. The average Bonchev–Trinajstić information content (AvgIpc) is 2.80. The molecule has 1 aliphatic heterocycles. The number of carboxylic acids is 3. The van der Waals surface area contributed by atoms with E-state index in [0.29, 0.717) is 64.4 Å². The molecule has 0 atom stereocenters. The summed E-state index contributed by atoms with van der Waals surface area (Å²) in [7, 11) is 0. The molecule has 4 N–H and O–H groups in total. The third-order valence-corrected chi connectivity index (χ3v) is 6.15.